The maximum atomic E-state index is 13.6. The number of alkyl halides is 3. The number of ether oxygens (including phenoxy) is 1. The molecule has 0 saturated carbocycles. The lowest BCUT2D eigenvalue weighted by Crippen LogP contribution is -2.43. The Hall–Kier alpha value is -4.17. The summed E-state index contributed by atoms with van der Waals surface area (Å²) in [4.78, 5) is 23.5. The average Bonchev–Trinajstić information content (AvgIpc) is 2.89. The molecule has 0 atom stereocenters. The zero-order valence-electron chi connectivity index (χ0n) is 20.9. The molecule has 1 saturated heterocycles. The van der Waals surface area contributed by atoms with Crippen LogP contribution in [0.25, 0.3) is 0 Å². The van der Waals surface area contributed by atoms with E-state index in [1.165, 1.54) is 53.4 Å². The summed E-state index contributed by atoms with van der Waals surface area (Å²) in [7, 11) is -4.34. The summed E-state index contributed by atoms with van der Waals surface area (Å²) in [6, 6.07) is 14.7. The van der Waals surface area contributed by atoms with Crippen LogP contribution in [0.2, 0.25) is 0 Å². The number of piperidine rings is 1. The van der Waals surface area contributed by atoms with Gasteiger partial charge in [0.05, 0.1) is 21.9 Å². The standard InChI is InChI=1S/C26H25F3N4O6S/c27-26(28,29)16-32-13-11-17(12-14-32)31-20-10-9-18(15-21(20)33(35)36)40(37,38)24-8-4-3-7-23(24)39-22-6-2-1-5-19(22)25(30)34/h1-10,15,17,31H,11-14,16H2,(H2,30,34). The van der Waals surface area contributed by atoms with Gasteiger partial charge in [-0.3, -0.25) is 19.8 Å². The van der Waals surface area contributed by atoms with Crippen LogP contribution >= 0.6 is 0 Å². The van der Waals surface area contributed by atoms with Gasteiger partial charge >= 0.3 is 6.18 Å². The van der Waals surface area contributed by atoms with Crippen molar-refractivity contribution in [1.29, 1.82) is 0 Å². The molecular formula is C26H25F3N4O6S. The van der Waals surface area contributed by atoms with Gasteiger partial charge in [-0.15, -0.1) is 0 Å². The van der Waals surface area contributed by atoms with Crippen molar-refractivity contribution in [2.75, 3.05) is 25.0 Å². The highest BCUT2D eigenvalue weighted by molar-refractivity contribution is 7.91. The van der Waals surface area contributed by atoms with Gasteiger partial charge in [0, 0.05) is 25.2 Å². The lowest BCUT2D eigenvalue weighted by Gasteiger charge is -2.33. The quantitative estimate of drug-likeness (QED) is 0.273. The zero-order valence-corrected chi connectivity index (χ0v) is 21.7. The van der Waals surface area contributed by atoms with Gasteiger partial charge in [0.2, 0.25) is 9.84 Å². The van der Waals surface area contributed by atoms with Gasteiger partial charge in [0.1, 0.15) is 22.1 Å². The van der Waals surface area contributed by atoms with Crippen LogP contribution in [0.3, 0.4) is 0 Å². The predicted molar refractivity (Wildman–Crippen MR) is 139 cm³/mol. The molecule has 0 bridgehead atoms. The largest absolute Gasteiger partial charge is 0.455 e. The van der Waals surface area contributed by atoms with E-state index in [2.05, 4.69) is 5.32 Å². The zero-order chi connectivity index (χ0) is 29.1. The van der Waals surface area contributed by atoms with Crippen LogP contribution in [-0.2, 0) is 9.84 Å². The van der Waals surface area contributed by atoms with Crippen molar-refractivity contribution in [2.24, 2.45) is 5.73 Å². The molecule has 14 heteroatoms. The number of nitrogens with two attached hydrogens (primary N) is 1. The Bertz CT molecular complexity index is 1520. The van der Waals surface area contributed by atoms with Crippen molar-refractivity contribution in [2.45, 2.75) is 34.9 Å². The third-order valence-electron chi connectivity index (χ3n) is 6.34. The van der Waals surface area contributed by atoms with E-state index in [0.717, 1.165) is 6.07 Å². The number of hydrogen-bond acceptors (Lipinski definition) is 8. The maximum Gasteiger partial charge on any atom is 0.401 e. The Labute approximate surface area is 227 Å². The highest BCUT2D eigenvalue weighted by Crippen LogP contribution is 2.37. The van der Waals surface area contributed by atoms with Crippen molar-refractivity contribution in [3.63, 3.8) is 0 Å². The first-order valence-corrected chi connectivity index (χ1v) is 13.6. The first kappa shape index (κ1) is 28.8. The van der Waals surface area contributed by atoms with Crippen molar-refractivity contribution in [3.05, 3.63) is 82.4 Å². The van der Waals surface area contributed by atoms with E-state index in [1.54, 1.807) is 12.1 Å². The van der Waals surface area contributed by atoms with E-state index >= 15 is 0 Å². The van der Waals surface area contributed by atoms with Crippen LogP contribution in [0.15, 0.2) is 76.5 Å². The van der Waals surface area contributed by atoms with Gasteiger partial charge in [-0.2, -0.15) is 13.2 Å². The number of hydrogen-bond donors (Lipinski definition) is 2. The van der Waals surface area contributed by atoms with E-state index in [-0.39, 0.29) is 51.7 Å². The van der Waals surface area contributed by atoms with Crippen LogP contribution in [0.5, 0.6) is 11.5 Å². The average molecular weight is 579 g/mol. The minimum absolute atomic E-state index is 0.0319. The highest BCUT2D eigenvalue weighted by Gasteiger charge is 2.33. The number of nitrogens with one attached hydrogen (secondary N) is 1. The number of amides is 1. The fourth-order valence-corrected chi connectivity index (χ4v) is 5.82. The Balaban J connectivity index is 1.59. The van der Waals surface area contributed by atoms with Crippen LogP contribution < -0.4 is 15.8 Å². The third-order valence-corrected chi connectivity index (χ3v) is 8.13. The number of carbonyl (C=O) groups is 1. The summed E-state index contributed by atoms with van der Waals surface area (Å²) in [6.07, 6.45) is -3.66. The number of carbonyl (C=O) groups excluding carboxylic acids is 1. The second-order valence-electron chi connectivity index (χ2n) is 9.16. The molecule has 1 heterocycles. The maximum absolute atomic E-state index is 13.6. The monoisotopic (exact) mass is 578 g/mol. The van der Waals surface area contributed by atoms with Crippen molar-refractivity contribution >= 4 is 27.1 Å². The number of halogens is 3. The number of anilines is 1. The number of nitro benzene ring substituents is 1. The van der Waals surface area contributed by atoms with Gasteiger partial charge < -0.3 is 15.8 Å². The van der Waals surface area contributed by atoms with Gasteiger partial charge in [-0.1, -0.05) is 24.3 Å². The minimum Gasteiger partial charge on any atom is -0.455 e. The van der Waals surface area contributed by atoms with Crippen molar-refractivity contribution in [3.8, 4) is 11.5 Å². The third kappa shape index (κ3) is 6.69. The number of sulfone groups is 1. The number of nitrogens with zero attached hydrogens (tertiary/aromatic N) is 2. The van der Waals surface area contributed by atoms with E-state index in [9.17, 15) is 36.5 Å². The fourth-order valence-electron chi connectivity index (χ4n) is 4.42. The molecule has 212 valence electrons. The summed E-state index contributed by atoms with van der Waals surface area (Å²) in [5, 5.41) is 14.8. The molecule has 3 N–H and O–H groups in total. The molecule has 0 unspecified atom stereocenters. The normalized spacial score (nSPS) is 15.0. The second-order valence-corrected chi connectivity index (χ2v) is 11.1. The highest BCUT2D eigenvalue weighted by atomic mass is 32.2. The smallest absolute Gasteiger partial charge is 0.401 e. The summed E-state index contributed by atoms with van der Waals surface area (Å²) in [6.45, 7) is -0.702. The van der Waals surface area contributed by atoms with Crippen molar-refractivity contribution in [1.82, 2.24) is 4.90 Å². The fraction of sp³-hybridized carbons (Fsp3) is 0.269. The number of para-hydroxylation sites is 2. The molecule has 0 aromatic heterocycles. The number of nitro groups is 1. The van der Waals surface area contributed by atoms with E-state index in [0.29, 0.717) is 12.8 Å². The topological polar surface area (TPSA) is 145 Å². The number of likely N-dealkylation sites (tertiary alicyclic amines) is 1. The molecule has 0 radical (unpaired) electrons. The molecule has 1 aliphatic heterocycles. The number of rotatable bonds is 9. The molecule has 3 aromatic rings. The molecular weight excluding hydrogens is 553 g/mol. The van der Waals surface area contributed by atoms with Crippen LogP contribution in [0.1, 0.15) is 23.2 Å². The van der Waals surface area contributed by atoms with E-state index < -0.39 is 39.1 Å². The van der Waals surface area contributed by atoms with E-state index in [1.807, 2.05) is 0 Å². The molecule has 10 nitrogen and oxygen atoms in total. The molecule has 0 aliphatic carbocycles. The first-order valence-electron chi connectivity index (χ1n) is 12.1. The van der Waals surface area contributed by atoms with Gasteiger partial charge in [0.15, 0.2) is 0 Å². The Morgan fingerprint density at radius 2 is 1.68 bits per heavy atom. The second kappa shape index (κ2) is 11.5. The Morgan fingerprint density at radius 1 is 1.05 bits per heavy atom. The molecule has 1 amide bonds. The molecule has 40 heavy (non-hydrogen) atoms. The van der Waals surface area contributed by atoms with Crippen LogP contribution in [0.4, 0.5) is 24.5 Å². The Kier molecular flexibility index (Phi) is 8.30. The van der Waals surface area contributed by atoms with Gasteiger partial charge in [0.25, 0.3) is 11.6 Å². The van der Waals surface area contributed by atoms with Gasteiger partial charge in [-0.05, 0) is 49.2 Å². The lowest BCUT2D eigenvalue weighted by molar-refractivity contribution is -0.384. The summed E-state index contributed by atoms with van der Waals surface area (Å²) in [5.41, 5.74) is 4.97. The van der Waals surface area contributed by atoms with Gasteiger partial charge in [-0.25, -0.2) is 8.42 Å². The predicted octanol–water partition coefficient (Wildman–Crippen LogP) is 4.76. The lowest BCUT2D eigenvalue weighted by atomic mass is 10.0. The van der Waals surface area contributed by atoms with Crippen LogP contribution in [0, 0.1) is 10.1 Å². The summed E-state index contributed by atoms with van der Waals surface area (Å²) in [5.74, 6) is -0.864. The molecule has 1 fully saturated rings. The van der Waals surface area contributed by atoms with Crippen molar-refractivity contribution < 1.29 is 36.0 Å². The van der Waals surface area contributed by atoms with Crippen LogP contribution in [-0.4, -0.2) is 56.0 Å². The molecule has 1 aliphatic rings. The SMILES string of the molecule is NC(=O)c1ccccc1Oc1ccccc1S(=O)(=O)c1ccc(NC2CCN(CC(F)(F)F)CC2)c([N+](=O)[O-])c1. The molecule has 3 aromatic carbocycles. The molecule has 4 rings (SSSR count). The molecule has 0 spiro atoms. The van der Waals surface area contributed by atoms with E-state index in [4.69, 9.17) is 10.5 Å². The number of benzene rings is 3. The first-order chi connectivity index (χ1) is 18.8. The summed E-state index contributed by atoms with van der Waals surface area (Å²) >= 11 is 0. The number of primary amides is 1. The summed E-state index contributed by atoms with van der Waals surface area (Å²) < 4.78 is 70.9. The minimum atomic E-state index is -4.34. The Morgan fingerprint density at radius 3 is 2.30 bits per heavy atom.